The molecule has 0 aliphatic carbocycles. The van der Waals surface area contributed by atoms with Crippen molar-refractivity contribution in [1.29, 1.82) is 0 Å². The molecule has 8 aliphatic heterocycles. The number of imide groups is 4. The molecule has 12 heterocycles. The van der Waals surface area contributed by atoms with Crippen LogP contribution in [0.5, 0.6) is 0 Å². The van der Waals surface area contributed by atoms with Gasteiger partial charge in [0.05, 0.1) is 73.7 Å². The van der Waals surface area contributed by atoms with Gasteiger partial charge in [0.1, 0.15) is 35.4 Å². The van der Waals surface area contributed by atoms with Gasteiger partial charge in [0, 0.05) is 201 Å². The number of amides is 13. The van der Waals surface area contributed by atoms with Gasteiger partial charge < -0.3 is 66.2 Å². The molecule has 10 N–H and O–H groups in total. The zero-order valence-electron chi connectivity index (χ0n) is 81.7. The molecule has 0 bridgehead atoms. The van der Waals surface area contributed by atoms with Crippen LogP contribution in [0, 0.1) is 11.6 Å². The van der Waals surface area contributed by atoms with E-state index >= 15 is 8.78 Å². The molecule has 0 radical (unpaired) electrons. The highest BCUT2D eigenvalue weighted by molar-refractivity contribution is 6.25. The minimum Gasteiger partial charge on any atom is -0.481 e. The molecule has 2 unspecified atom stereocenters. The van der Waals surface area contributed by atoms with Crippen molar-refractivity contribution in [2.45, 2.75) is 179 Å². The van der Waals surface area contributed by atoms with Gasteiger partial charge in [-0.1, -0.05) is 37.1 Å². The van der Waals surface area contributed by atoms with E-state index in [1.54, 1.807) is 64.4 Å². The predicted molar refractivity (Wildman–Crippen MR) is 524 cm³/mol. The summed E-state index contributed by atoms with van der Waals surface area (Å²) in [5, 5.41) is 21.2. The third kappa shape index (κ3) is 25.2. The fourth-order valence-corrected chi connectivity index (χ4v) is 19.4. The van der Waals surface area contributed by atoms with Crippen LogP contribution in [0.1, 0.15) is 202 Å². The number of aromatic nitrogens is 4. The van der Waals surface area contributed by atoms with Crippen molar-refractivity contribution in [2.75, 3.05) is 136 Å². The van der Waals surface area contributed by atoms with E-state index in [-0.39, 0.29) is 138 Å². The van der Waals surface area contributed by atoms with Crippen molar-refractivity contribution in [3.8, 4) is 22.3 Å². The van der Waals surface area contributed by atoms with Gasteiger partial charge in [-0.15, -0.1) is 0 Å². The van der Waals surface area contributed by atoms with E-state index in [2.05, 4.69) is 56.3 Å². The number of hydrogen-bond acceptors (Lipinski definition) is 25. The molecule has 0 saturated carbocycles. The number of anilines is 6. The summed E-state index contributed by atoms with van der Waals surface area (Å²) < 4.78 is 115. The second kappa shape index (κ2) is 46.6. The summed E-state index contributed by atoms with van der Waals surface area (Å²) in [7, 11) is 3.93. The van der Waals surface area contributed by atoms with Gasteiger partial charge in [-0.25, -0.2) is 18.7 Å². The van der Waals surface area contributed by atoms with Gasteiger partial charge in [-0.2, -0.15) is 26.3 Å². The number of piperazine rings is 4. The first-order chi connectivity index (χ1) is 69.9. The summed E-state index contributed by atoms with van der Waals surface area (Å²) in [4.78, 5) is 229. The zero-order chi connectivity index (χ0) is 106. The van der Waals surface area contributed by atoms with Gasteiger partial charge in [0.2, 0.25) is 52.5 Å². The minimum absolute atomic E-state index is 0.0102. The number of aliphatic carboxylic acids is 1. The summed E-state index contributed by atoms with van der Waals surface area (Å²) in [6.45, 7) is 14.1. The van der Waals surface area contributed by atoms with Crippen LogP contribution in [0.25, 0.3) is 22.3 Å². The summed E-state index contributed by atoms with van der Waals surface area (Å²) >= 11 is 0. The fraction of sp³-hybridized carbons (Fsp3) is 0.431. The molecule has 4 aromatic heterocycles. The van der Waals surface area contributed by atoms with E-state index in [9.17, 15) is 103 Å². The van der Waals surface area contributed by atoms with E-state index < -0.39 is 129 Å². The first-order valence-electron chi connectivity index (χ1n) is 48.6. The second-order valence-electron chi connectivity index (χ2n) is 37.7. The van der Waals surface area contributed by atoms with Crippen molar-refractivity contribution in [3.05, 3.63) is 210 Å². The molecule has 6 fully saturated rings. The number of carboxylic acids is 1. The third-order valence-electron chi connectivity index (χ3n) is 27.9. The SMILES string of the molecule is C[C@@H]1CN(c2cc(F)c(-c3ccc(N4CCN(C(=O)CCC(=O)NCCCCCc5cccc6c5C(=O)N(C5CCC(=O)NC5=O)C6=O)CC4)nc3)cc2NC(=O)c2c[nH]c(=O)cc2C(F)(F)F)C[C@H](C)N1C.C[C@@H]1CN(c2cc(F)c(-c3ccc(N4CCN(C(=O)CCC(=O)O)CC4)nc3)cc2NC(=O)c2c[nH]c(=O)cc2C(F)(F)F)C[C@H](C)N1C.NCCCCCc1cccc2c1C(=O)N(C1CCC(=O)NC1=O)C2=O. The second-order valence-corrected chi connectivity index (χ2v) is 37.7. The van der Waals surface area contributed by atoms with Crippen LogP contribution in [0.4, 0.5) is 69.5 Å². The number of H-pyrrole nitrogens is 2. The first kappa shape index (κ1) is 108. The number of unbranched alkanes of at least 4 members (excludes halogenated alkanes) is 4. The van der Waals surface area contributed by atoms with Crippen LogP contribution in [-0.4, -0.2) is 279 Å². The van der Waals surface area contributed by atoms with Crippen LogP contribution in [0.2, 0.25) is 0 Å². The van der Waals surface area contributed by atoms with Crippen molar-refractivity contribution >= 4 is 117 Å². The molecule has 45 heteroatoms. The predicted octanol–water partition coefficient (Wildman–Crippen LogP) is 9.38. The number of alkyl halides is 6. The quantitative estimate of drug-likeness (QED) is 0.0120. The van der Waals surface area contributed by atoms with Crippen LogP contribution in [0.15, 0.2) is 131 Å². The number of rotatable bonds is 29. The van der Waals surface area contributed by atoms with Gasteiger partial charge in [0.15, 0.2) is 0 Å². The highest BCUT2D eigenvalue weighted by Gasteiger charge is 2.49. The maximum Gasteiger partial charge on any atom is 0.417 e. The number of fused-ring (bicyclic) bond motifs is 2. The van der Waals surface area contributed by atoms with E-state index in [4.69, 9.17) is 10.8 Å². The number of halogens is 8. The lowest BCUT2D eigenvalue weighted by Gasteiger charge is -2.44. The highest BCUT2D eigenvalue weighted by Crippen LogP contribution is 2.43. The Morgan fingerprint density at radius 3 is 1.22 bits per heavy atom. The average molecular weight is 2040 g/mol. The Kier molecular flexibility index (Phi) is 34.1. The molecule has 780 valence electrons. The number of aryl methyl sites for hydroxylation is 2. The third-order valence-corrected chi connectivity index (χ3v) is 27.9. The molecule has 0 spiro atoms. The molecule has 6 atom stereocenters. The Labute approximate surface area is 838 Å². The smallest absolute Gasteiger partial charge is 0.417 e. The number of benzene rings is 4. The topological polar surface area (TPSA) is 469 Å². The average Bonchev–Trinajstić information content (AvgIpc) is 1.67. The van der Waals surface area contributed by atoms with E-state index in [0.29, 0.717) is 193 Å². The number of nitrogens with one attached hydrogen (secondary N) is 7. The minimum atomic E-state index is -5.00. The number of aromatic amines is 2. The van der Waals surface area contributed by atoms with Crippen molar-refractivity contribution in [1.82, 2.24) is 65.3 Å². The molecule has 6 saturated heterocycles. The fourth-order valence-electron chi connectivity index (χ4n) is 19.4. The molecule has 8 aliphatic rings. The normalized spacial score (nSPS) is 19.4. The largest absolute Gasteiger partial charge is 0.481 e. The Morgan fingerprint density at radius 1 is 0.463 bits per heavy atom. The molecular formula is C102H114F8N20O17. The molecular weight excluding hydrogens is 1930 g/mol. The summed E-state index contributed by atoms with van der Waals surface area (Å²) in [5.41, 5.74) is 3.28. The molecule has 13 amide bonds. The summed E-state index contributed by atoms with van der Waals surface area (Å²) in [6, 6.07) is 21.0. The van der Waals surface area contributed by atoms with Crippen molar-refractivity contribution in [3.63, 3.8) is 0 Å². The van der Waals surface area contributed by atoms with Gasteiger partial charge in [0.25, 0.3) is 35.4 Å². The van der Waals surface area contributed by atoms with Gasteiger partial charge >= 0.3 is 18.3 Å². The van der Waals surface area contributed by atoms with Gasteiger partial charge in [-0.3, -0.25) is 107 Å². The number of hydrogen-bond donors (Lipinski definition) is 9. The van der Waals surface area contributed by atoms with Crippen molar-refractivity contribution in [2.24, 2.45) is 5.73 Å². The van der Waals surface area contributed by atoms with E-state index in [1.165, 1.54) is 36.7 Å². The number of likely N-dealkylation sites (N-methyl/N-ethyl adjacent to an activating group) is 2. The van der Waals surface area contributed by atoms with Gasteiger partial charge in [-0.05, 0) is 171 Å². The van der Waals surface area contributed by atoms with Crippen LogP contribution < -0.4 is 63.0 Å². The number of carbonyl (C=O) groups excluding carboxylic acids is 13. The number of pyridine rings is 4. The lowest BCUT2D eigenvalue weighted by Crippen LogP contribution is -2.55. The molecule has 4 aromatic carbocycles. The van der Waals surface area contributed by atoms with Crippen molar-refractivity contribution < 1.29 is 107 Å². The first-order valence-corrected chi connectivity index (χ1v) is 48.6. The summed E-state index contributed by atoms with van der Waals surface area (Å²) in [6.07, 6.45) is 0.438. The van der Waals surface area contributed by atoms with Crippen LogP contribution in [-0.2, 0) is 63.6 Å². The molecule has 37 nitrogen and oxygen atoms in total. The Bertz CT molecular complexity index is 6500. The Morgan fingerprint density at radius 2 is 0.857 bits per heavy atom. The Hall–Kier alpha value is -15.0. The standard InChI is InChI=1S/C51H56F4N10O8.C33H37F4N7O5.C18H21N3O4/c1-29-27-64(28-30(2)61(29)3)40-24-37(52)34(22-38(40)59-47(70)35-26-58-44(68)23-36(35)51(53,54)55)32-11-13-41(57-25-32)62-18-20-63(21-19-62)45(69)16-15-42(66)56-17-6-4-5-8-31-9-7-10-33-46(31)50(73)65(49(33)72)39-12-14-43(67)60-48(39)71;1-19-17-44(18-20(2)41(19)3)27-14-25(34)22(12-26(27)40-32(49)23-16-39-29(45)13-24(23)33(35,36)37)21-4-5-28(38-15-21)42-8-10-43(11-9-42)30(46)6-7-31(47)48;19-10-3-1-2-5-11-6-4-7-12-15(11)18(25)21(17(12)24)13-8-9-14(22)20-16(13)23/h7,9-11,13,22-26,29-30,39H,4-6,8,12,14-21,27-28H2,1-3H3,(H,56,66)(H,58,68)(H,59,70)(H,60,67,71);4-5,12-16,19-20H,6-11,17-18H2,1-3H3,(H,39,45)(H,40,49)(H,47,48);4,6-7,13H,1-3,5,8-10,19H2,(H,20,22,23)/t29-,30+,39?;19-,20+;. The number of carboxylic acid groups (broad SMARTS) is 1. The Balaban J connectivity index is 0.000000197. The summed E-state index contributed by atoms with van der Waals surface area (Å²) in [5.74, 6) is -8.20. The lowest BCUT2D eigenvalue weighted by molar-refractivity contribution is -0.141. The number of nitrogens with zero attached hydrogens (tertiary/aromatic N) is 12. The maximum absolute atomic E-state index is 16.2. The van der Waals surface area contributed by atoms with E-state index in [0.717, 1.165) is 34.6 Å². The number of nitrogens with two attached hydrogens (primary N) is 1. The lowest BCUT2D eigenvalue weighted by atomic mass is 9.98. The maximum atomic E-state index is 16.2. The zero-order valence-corrected chi connectivity index (χ0v) is 81.7. The van der Waals surface area contributed by atoms with E-state index in [1.807, 2.05) is 67.5 Å². The molecule has 16 rings (SSSR count). The number of carbonyl (C=O) groups is 14. The van der Waals surface area contributed by atoms with Crippen LogP contribution >= 0.6 is 0 Å². The molecule has 147 heavy (non-hydrogen) atoms. The number of piperidine rings is 2. The highest BCUT2D eigenvalue weighted by atomic mass is 19.4. The van der Waals surface area contributed by atoms with Crippen LogP contribution in [0.3, 0.4) is 0 Å². The monoisotopic (exact) mass is 2040 g/mol. The molecule has 8 aromatic rings.